The summed E-state index contributed by atoms with van der Waals surface area (Å²) in [6, 6.07) is 9.25. The molecule has 0 bridgehead atoms. The van der Waals surface area contributed by atoms with Crippen molar-refractivity contribution in [2.75, 3.05) is 11.9 Å². The first-order valence-electron chi connectivity index (χ1n) is 12.3. The number of nitrogens with one attached hydrogen (secondary N) is 1. The Morgan fingerprint density at radius 1 is 1.13 bits per heavy atom. The Morgan fingerprint density at radius 3 is 2.41 bits per heavy atom. The maximum Gasteiger partial charge on any atom is 0.290 e. The van der Waals surface area contributed by atoms with E-state index < -0.39 is 0 Å². The van der Waals surface area contributed by atoms with Crippen LogP contribution in [0.5, 0.6) is 5.75 Å². The molecular weight excluding hydrogens is 498 g/mol. The smallest absolute Gasteiger partial charge is 0.290 e. The minimum atomic E-state index is -0.250. The average molecular weight is 530 g/mol. The maximum absolute atomic E-state index is 10.8. The molecule has 1 saturated heterocycles. The molecule has 4 aromatic rings. The van der Waals surface area contributed by atoms with Crippen LogP contribution in [0.15, 0.2) is 42.9 Å². The topological polar surface area (TPSA) is 165 Å². The Kier molecular flexibility index (Phi) is 7.47. The Bertz CT molecular complexity index is 1510. The molecule has 4 heterocycles. The number of carbonyl (C=O) groups is 1. The molecular formula is C27H31N9O3. The standard InChI is InChI=1S/C26H29N9O.CH2O2/c1-25(2)12-18(13-26(3,4)33-25)34(5)24-29-15-21(30-31-24)19-7-6-16(11-22(19)36)20-10-17(14-27)23-28-8-9-35(23)32-20;2-1-3/h6-11,15,18,33,36H,12-13H2,1-5H3;1H,(H,2,3). The molecule has 39 heavy (non-hydrogen) atoms. The number of rotatable bonds is 4. The highest BCUT2D eigenvalue weighted by Crippen LogP contribution is 2.34. The van der Waals surface area contributed by atoms with Crippen LogP contribution in [0.3, 0.4) is 0 Å². The van der Waals surface area contributed by atoms with Crippen LogP contribution in [0.1, 0.15) is 46.1 Å². The average Bonchev–Trinajstić information content (AvgIpc) is 3.35. The highest BCUT2D eigenvalue weighted by molar-refractivity contribution is 5.74. The largest absolute Gasteiger partial charge is 0.507 e. The van der Waals surface area contributed by atoms with Crippen LogP contribution in [-0.4, -0.2) is 70.6 Å². The monoisotopic (exact) mass is 529 g/mol. The summed E-state index contributed by atoms with van der Waals surface area (Å²) in [5.41, 5.74) is 3.11. The zero-order chi connectivity index (χ0) is 28.4. The molecule has 202 valence electrons. The van der Waals surface area contributed by atoms with E-state index in [0.29, 0.717) is 39.7 Å². The number of nitrogens with zero attached hydrogens (tertiary/aromatic N) is 8. The van der Waals surface area contributed by atoms with Crippen LogP contribution in [0.25, 0.3) is 28.2 Å². The molecule has 3 aromatic heterocycles. The number of aromatic nitrogens is 6. The highest BCUT2D eigenvalue weighted by Gasteiger charge is 2.39. The van der Waals surface area contributed by atoms with Crippen LogP contribution >= 0.6 is 0 Å². The normalized spacial score (nSPS) is 16.1. The van der Waals surface area contributed by atoms with Crippen LogP contribution in [0, 0.1) is 11.3 Å². The molecule has 0 spiro atoms. The molecule has 1 aromatic carbocycles. The molecule has 1 aliphatic heterocycles. The van der Waals surface area contributed by atoms with Crippen molar-refractivity contribution in [1.29, 1.82) is 5.26 Å². The number of aromatic hydroxyl groups is 1. The number of nitriles is 1. The van der Waals surface area contributed by atoms with Gasteiger partial charge in [0, 0.05) is 47.7 Å². The van der Waals surface area contributed by atoms with Gasteiger partial charge in [0.25, 0.3) is 6.47 Å². The molecule has 0 atom stereocenters. The van der Waals surface area contributed by atoms with Gasteiger partial charge in [0.15, 0.2) is 5.65 Å². The van der Waals surface area contributed by atoms with E-state index in [-0.39, 0.29) is 29.3 Å². The number of anilines is 1. The van der Waals surface area contributed by atoms with Gasteiger partial charge in [0.2, 0.25) is 5.95 Å². The molecule has 5 rings (SSSR count). The first kappa shape index (κ1) is 27.4. The second kappa shape index (κ2) is 10.6. The Hall–Kier alpha value is -4.63. The Labute approximate surface area is 226 Å². The number of benzene rings is 1. The number of phenols is 1. The molecule has 0 unspecified atom stereocenters. The third-order valence-corrected chi connectivity index (χ3v) is 6.63. The SMILES string of the molecule is CN(c1ncc(-c2ccc(-c3cc(C#N)c4nccn4n3)cc2O)nn1)C1CC(C)(C)NC(C)(C)C1.O=CO. The first-order chi connectivity index (χ1) is 18.5. The summed E-state index contributed by atoms with van der Waals surface area (Å²) < 4.78 is 1.55. The fourth-order valence-electron chi connectivity index (χ4n) is 5.31. The number of fused-ring (bicyclic) bond motifs is 1. The van der Waals surface area contributed by atoms with E-state index >= 15 is 0 Å². The number of hydrogen-bond acceptors (Lipinski definition) is 10. The molecule has 12 heteroatoms. The van der Waals surface area contributed by atoms with Gasteiger partial charge in [-0.25, -0.2) is 14.5 Å². The molecule has 0 aliphatic carbocycles. The van der Waals surface area contributed by atoms with E-state index in [4.69, 9.17) is 9.90 Å². The van der Waals surface area contributed by atoms with Gasteiger partial charge in [-0.3, -0.25) is 4.79 Å². The summed E-state index contributed by atoms with van der Waals surface area (Å²) in [6.07, 6.45) is 6.83. The van der Waals surface area contributed by atoms with Gasteiger partial charge in [-0.15, -0.1) is 10.2 Å². The lowest BCUT2D eigenvalue weighted by Gasteiger charge is -2.48. The van der Waals surface area contributed by atoms with E-state index in [1.807, 2.05) is 13.1 Å². The fraction of sp³-hybridized carbons (Fsp3) is 0.370. The summed E-state index contributed by atoms with van der Waals surface area (Å²) in [5, 5.41) is 44.1. The van der Waals surface area contributed by atoms with Crippen molar-refractivity contribution in [1.82, 2.24) is 35.1 Å². The van der Waals surface area contributed by atoms with Crippen molar-refractivity contribution < 1.29 is 15.0 Å². The van der Waals surface area contributed by atoms with Gasteiger partial charge in [0.1, 0.15) is 17.5 Å². The van der Waals surface area contributed by atoms with Gasteiger partial charge < -0.3 is 20.4 Å². The second-order valence-corrected chi connectivity index (χ2v) is 10.8. The number of piperidine rings is 1. The zero-order valence-electron chi connectivity index (χ0n) is 22.5. The van der Waals surface area contributed by atoms with E-state index in [9.17, 15) is 10.4 Å². The van der Waals surface area contributed by atoms with Gasteiger partial charge in [0.05, 0.1) is 17.5 Å². The molecule has 12 nitrogen and oxygen atoms in total. The third-order valence-electron chi connectivity index (χ3n) is 6.63. The summed E-state index contributed by atoms with van der Waals surface area (Å²) in [6.45, 7) is 8.61. The van der Waals surface area contributed by atoms with Gasteiger partial charge in [-0.05, 0) is 58.7 Å². The summed E-state index contributed by atoms with van der Waals surface area (Å²) >= 11 is 0. The van der Waals surface area contributed by atoms with Crippen molar-refractivity contribution in [2.45, 2.75) is 57.7 Å². The molecule has 3 N–H and O–H groups in total. The lowest BCUT2D eigenvalue weighted by atomic mass is 9.79. The molecule has 1 aliphatic rings. The van der Waals surface area contributed by atoms with Crippen molar-refractivity contribution in [3.05, 3.63) is 48.4 Å². The van der Waals surface area contributed by atoms with Crippen LogP contribution in [0.4, 0.5) is 5.95 Å². The third kappa shape index (κ3) is 5.94. The summed E-state index contributed by atoms with van der Waals surface area (Å²) in [4.78, 5) is 19.2. The summed E-state index contributed by atoms with van der Waals surface area (Å²) in [5.74, 6) is 0.577. The van der Waals surface area contributed by atoms with Crippen LogP contribution < -0.4 is 10.2 Å². The van der Waals surface area contributed by atoms with Crippen LogP contribution in [0.2, 0.25) is 0 Å². The lowest BCUT2D eigenvalue weighted by molar-refractivity contribution is -0.122. The second-order valence-electron chi connectivity index (χ2n) is 10.8. The van der Waals surface area contributed by atoms with Crippen molar-refractivity contribution in [3.8, 4) is 34.3 Å². The highest BCUT2D eigenvalue weighted by atomic mass is 16.3. The first-order valence-corrected chi connectivity index (χ1v) is 12.3. The molecule has 0 radical (unpaired) electrons. The van der Waals surface area contributed by atoms with E-state index in [1.54, 1.807) is 41.3 Å². The van der Waals surface area contributed by atoms with Crippen molar-refractivity contribution in [3.63, 3.8) is 0 Å². The minimum absolute atomic E-state index is 0.00678. The summed E-state index contributed by atoms with van der Waals surface area (Å²) in [7, 11) is 2.00. The van der Waals surface area contributed by atoms with Gasteiger partial charge >= 0.3 is 0 Å². The fourth-order valence-corrected chi connectivity index (χ4v) is 5.31. The minimum Gasteiger partial charge on any atom is -0.507 e. The van der Waals surface area contributed by atoms with E-state index in [1.165, 1.54) is 0 Å². The van der Waals surface area contributed by atoms with Crippen molar-refractivity contribution in [2.24, 2.45) is 0 Å². The molecule has 0 saturated carbocycles. The number of imidazole rings is 1. The molecule has 0 amide bonds. The van der Waals surface area contributed by atoms with Gasteiger partial charge in [-0.2, -0.15) is 10.4 Å². The van der Waals surface area contributed by atoms with Gasteiger partial charge in [-0.1, -0.05) is 6.07 Å². The number of hydrogen-bond donors (Lipinski definition) is 3. The molecule has 1 fully saturated rings. The quantitative estimate of drug-likeness (QED) is 0.332. The maximum atomic E-state index is 10.8. The Morgan fingerprint density at radius 2 is 1.82 bits per heavy atom. The Balaban J connectivity index is 0.00000112. The predicted molar refractivity (Wildman–Crippen MR) is 145 cm³/mol. The van der Waals surface area contributed by atoms with Crippen LogP contribution in [-0.2, 0) is 4.79 Å². The number of phenolic OH excluding ortho intramolecular Hbond substituents is 1. The van der Waals surface area contributed by atoms with E-state index in [0.717, 1.165) is 12.8 Å². The lowest BCUT2D eigenvalue weighted by Crippen LogP contribution is -2.62. The number of carboxylic acid groups (broad SMARTS) is 1. The zero-order valence-corrected chi connectivity index (χ0v) is 22.5. The predicted octanol–water partition coefficient (Wildman–Crippen LogP) is 3.27. The van der Waals surface area contributed by atoms with Crippen molar-refractivity contribution >= 4 is 18.1 Å². The van der Waals surface area contributed by atoms with E-state index in [2.05, 4.69) is 69.2 Å².